The fourth-order valence-electron chi connectivity index (χ4n) is 3.66. The normalized spacial score (nSPS) is 16.8. The molecule has 0 amide bonds. The molecule has 27 heavy (non-hydrogen) atoms. The van der Waals surface area contributed by atoms with Crippen LogP contribution in [0.3, 0.4) is 0 Å². The fraction of sp³-hybridized carbons (Fsp3) is 0.333. The van der Waals surface area contributed by atoms with E-state index in [2.05, 4.69) is 45.7 Å². The molecule has 6 heteroatoms. The largest absolute Gasteiger partial charge is 0.454 e. The summed E-state index contributed by atoms with van der Waals surface area (Å²) in [5.41, 5.74) is 3.98. The Balaban J connectivity index is 1.13. The van der Waals surface area contributed by atoms with E-state index in [0.717, 1.165) is 41.6 Å². The van der Waals surface area contributed by atoms with Crippen LogP contribution in [0, 0.1) is 0 Å². The van der Waals surface area contributed by atoms with Crippen molar-refractivity contribution >= 4 is 39.6 Å². The minimum Gasteiger partial charge on any atom is -0.454 e. The van der Waals surface area contributed by atoms with Crippen LogP contribution in [0.2, 0.25) is 0 Å². The molecular weight excluding hydrogens is 376 g/mol. The topological polar surface area (TPSA) is 37.5 Å². The Morgan fingerprint density at radius 2 is 2.15 bits per heavy atom. The van der Waals surface area contributed by atoms with Crippen molar-refractivity contribution in [1.82, 2.24) is 9.88 Å². The summed E-state index contributed by atoms with van der Waals surface area (Å²) in [6.45, 7) is 3.71. The molecule has 4 nitrogen and oxygen atoms in total. The molecule has 0 radical (unpaired) electrons. The van der Waals surface area contributed by atoms with Crippen molar-refractivity contribution in [3.05, 3.63) is 52.4 Å². The van der Waals surface area contributed by atoms with Gasteiger partial charge in [0.1, 0.15) is 0 Å². The number of nitrogens with zero attached hydrogens (tertiary/aromatic N) is 1. The lowest BCUT2D eigenvalue weighted by Crippen LogP contribution is -2.30. The lowest BCUT2D eigenvalue weighted by atomic mass is 10.1. The van der Waals surface area contributed by atoms with Crippen LogP contribution in [0.25, 0.3) is 16.5 Å². The molecule has 0 spiro atoms. The lowest BCUT2D eigenvalue weighted by Gasteiger charge is -2.25. The van der Waals surface area contributed by atoms with Crippen LogP contribution in [0.15, 0.2) is 41.9 Å². The standard InChI is InChI=1S/C21H22N2O2S2/c1-2-21(27-8-1)15-3-5-23(6-4-15)7-9-26-13-16-12-22-18-11-20-19(10-17(16)18)24-14-25-20/h1-3,8,10-12,22H,4-7,9,13-14H2. The number of rotatable bonds is 6. The van der Waals surface area contributed by atoms with E-state index < -0.39 is 0 Å². The second kappa shape index (κ2) is 7.62. The van der Waals surface area contributed by atoms with Gasteiger partial charge in [0.25, 0.3) is 0 Å². The predicted octanol–water partition coefficient (Wildman–Crippen LogP) is 4.98. The van der Waals surface area contributed by atoms with Crippen LogP contribution >= 0.6 is 23.1 Å². The minimum atomic E-state index is 0.324. The molecule has 2 aliphatic rings. The zero-order valence-electron chi connectivity index (χ0n) is 15.1. The first-order chi connectivity index (χ1) is 13.4. The summed E-state index contributed by atoms with van der Waals surface area (Å²) in [6, 6.07) is 8.51. The van der Waals surface area contributed by atoms with Gasteiger partial charge in [-0.15, -0.1) is 11.3 Å². The second-order valence-corrected chi connectivity index (χ2v) is 8.93. The molecule has 2 aliphatic heterocycles. The van der Waals surface area contributed by atoms with E-state index in [0.29, 0.717) is 6.79 Å². The average Bonchev–Trinajstić information content (AvgIpc) is 3.45. The van der Waals surface area contributed by atoms with E-state index in [1.165, 1.54) is 34.4 Å². The number of aromatic amines is 1. The van der Waals surface area contributed by atoms with Gasteiger partial charge in [-0.05, 0) is 35.1 Å². The van der Waals surface area contributed by atoms with Gasteiger partial charge in [-0.3, -0.25) is 4.90 Å². The van der Waals surface area contributed by atoms with Crippen molar-refractivity contribution in [2.75, 3.05) is 32.2 Å². The molecule has 0 atom stereocenters. The number of hydrogen-bond donors (Lipinski definition) is 1. The number of fused-ring (bicyclic) bond motifs is 2. The lowest BCUT2D eigenvalue weighted by molar-refractivity contribution is 0.174. The summed E-state index contributed by atoms with van der Waals surface area (Å²) in [6.07, 6.45) is 5.69. The number of aromatic nitrogens is 1. The molecule has 0 saturated carbocycles. The van der Waals surface area contributed by atoms with Crippen LogP contribution in [0.1, 0.15) is 16.9 Å². The van der Waals surface area contributed by atoms with E-state index in [1.54, 1.807) is 0 Å². The molecule has 0 saturated heterocycles. The Bertz CT molecular complexity index is 962. The third-order valence-electron chi connectivity index (χ3n) is 5.20. The highest BCUT2D eigenvalue weighted by molar-refractivity contribution is 7.98. The first-order valence-electron chi connectivity index (χ1n) is 9.29. The smallest absolute Gasteiger partial charge is 0.231 e. The molecule has 4 heterocycles. The number of hydrogen-bond acceptors (Lipinski definition) is 5. The maximum absolute atomic E-state index is 5.52. The Hall–Kier alpha value is -1.89. The molecule has 0 unspecified atom stereocenters. The molecule has 5 rings (SSSR count). The number of thioether (sulfide) groups is 1. The highest BCUT2D eigenvalue weighted by Gasteiger charge is 2.17. The van der Waals surface area contributed by atoms with Crippen LogP contribution in [0.5, 0.6) is 11.5 Å². The van der Waals surface area contributed by atoms with E-state index in [4.69, 9.17) is 9.47 Å². The van der Waals surface area contributed by atoms with Crippen LogP contribution < -0.4 is 9.47 Å². The van der Waals surface area contributed by atoms with E-state index >= 15 is 0 Å². The summed E-state index contributed by atoms with van der Waals surface area (Å²) in [5.74, 6) is 3.86. The van der Waals surface area contributed by atoms with Crippen LogP contribution in [-0.2, 0) is 5.75 Å². The molecule has 2 aromatic heterocycles. The molecule has 0 bridgehead atoms. The third-order valence-corrected chi connectivity index (χ3v) is 7.13. The second-order valence-electron chi connectivity index (χ2n) is 6.87. The first-order valence-corrected chi connectivity index (χ1v) is 11.3. The summed E-state index contributed by atoms with van der Waals surface area (Å²) in [4.78, 5) is 7.35. The number of nitrogens with one attached hydrogen (secondary N) is 1. The van der Waals surface area contributed by atoms with Crippen molar-refractivity contribution in [1.29, 1.82) is 0 Å². The highest BCUT2D eigenvalue weighted by Crippen LogP contribution is 2.37. The van der Waals surface area contributed by atoms with Gasteiger partial charge < -0.3 is 14.5 Å². The summed E-state index contributed by atoms with van der Waals surface area (Å²) >= 11 is 3.85. The summed E-state index contributed by atoms with van der Waals surface area (Å²) in [5, 5.41) is 3.41. The van der Waals surface area contributed by atoms with Gasteiger partial charge in [0.15, 0.2) is 11.5 Å². The molecule has 0 fully saturated rings. The quantitative estimate of drug-likeness (QED) is 0.594. The average molecular weight is 399 g/mol. The predicted molar refractivity (Wildman–Crippen MR) is 114 cm³/mol. The van der Waals surface area contributed by atoms with Gasteiger partial charge in [0.05, 0.1) is 0 Å². The number of ether oxygens (including phenoxy) is 2. The van der Waals surface area contributed by atoms with Gasteiger partial charge >= 0.3 is 0 Å². The minimum absolute atomic E-state index is 0.324. The Morgan fingerprint density at radius 3 is 2.96 bits per heavy atom. The van der Waals surface area contributed by atoms with E-state index in [9.17, 15) is 0 Å². The Kier molecular flexibility index (Phi) is 4.86. The first kappa shape index (κ1) is 17.2. The third kappa shape index (κ3) is 3.61. The van der Waals surface area contributed by atoms with Gasteiger partial charge in [-0.2, -0.15) is 11.8 Å². The van der Waals surface area contributed by atoms with Gasteiger partial charge in [-0.25, -0.2) is 0 Å². The highest BCUT2D eigenvalue weighted by atomic mass is 32.2. The fourth-order valence-corrected chi connectivity index (χ4v) is 5.45. The molecular formula is C21H22N2O2S2. The maximum Gasteiger partial charge on any atom is 0.231 e. The van der Waals surface area contributed by atoms with Gasteiger partial charge in [0.2, 0.25) is 6.79 Å². The van der Waals surface area contributed by atoms with Crippen LogP contribution in [0.4, 0.5) is 0 Å². The summed E-state index contributed by atoms with van der Waals surface area (Å²) < 4.78 is 11.0. The van der Waals surface area contributed by atoms with Crippen molar-refractivity contribution < 1.29 is 9.47 Å². The summed E-state index contributed by atoms with van der Waals surface area (Å²) in [7, 11) is 0. The zero-order valence-corrected chi connectivity index (χ0v) is 16.7. The molecule has 3 aromatic rings. The van der Waals surface area contributed by atoms with Gasteiger partial charge in [-0.1, -0.05) is 12.1 Å². The molecule has 140 valence electrons. The van der Waals surface area contributed by atoms with Gasteiger partial charge in [0, 0.05) is 59.2 Å². The van der Waals surface area contributed by atoms with Crippen LogP contribution in [-0.4, -0.2) is 42.1 Å². The van der Waals surface area contributed by atoms with Crippen molar-refractivity contribution in [3.8, 4) is 11.5 Å². The molecule has 1 aromatic carbocycles. The maximum atomic E-state index is 5.52. The zero-order chi connectivity index (χ0) is 18.1. The Morgan fingerprint density at radius 1 is 1.22 bits per heavy atom. The van der Waals surface area contributed by atoms with Crippen molar-refractivity contribution in [2.24, 2.45) is 0 Å². The van der Waals surface area contributed by atoms with Crippen molar-refractivity contribution in [3.63, 3.8) is 0 Å². The number of thiophene rings is 1. The number of H-pyrrole nitrogens is 1. The number of benzene rings is 1. The van der Waals surface area contributed by atoms with Crippen molar-refractivity contribution in [2.45, 2.75) is 12.2 Å². The van der Waals surface area contributed by atoms with E-state index in [1.807, 2.05) is 29.2 Å². The Labute approximate surface area is 167 Å². The van der Waals surface area contributed by atoms with E-state index in [-0.39, 0.29) is 0 Å². The molecule has 1 N–H and O–H groups in total. The SMILES string of the molecule is C1=C(c2cccs2)CCN(CCSCc2c[nH]c3cc4c(cc23)OCO4)C1. The monoisotopic (exact) mass is 398 g/mol. The molecule has 0 aliphatic carbocycles.